The van der Waals surface area contributed by atoms with Gasteiger partial charge >= 0.3 is 0 Å². The van der Waals surface area contributed by atoms with Gasteiger partial charge in [0, 0.05) is 19.1 Å². The molecule has 1 aliphatic rings. The van der Waals surface area contributed by atoms with E-state index in [4.69, 9.17) is 15.2 Å². The van der Waals surface area contributed by atoms with Crippen LogP contribution < -0.4 is 15.2 Å². The maximum absolute atomic E-state index is 12.8. The summed E-state index contributed by atoms with van der Waals surface area (Å²) in [6.45, 7) is 1.25. The first-order chi connectivity index (χ1) is 9.71. The first-order valence-corrected chi connectivity index (χ1v) is 6.94. The lowest BCUT2D eigenvalue weighted by molar-refractivity contribution is 0.0619. The van der Waals surface area contributed by atoms with Gasteiger partial charge in [-0.3, -0.25) is 4.79 Å². The number of piperidine rings is 1. The minimum absolute atomic E-state index is 0.0316. The molecule has 1 aromatic carbocycles. The number of ether oxygens (including phenoxy) is 2. The van der Waals surface area contributed by atoms with E-state index < -0.39 is 0 Å². The number of carbonyl (C=O) groups excluding carboxylic acids is 1. The molecule has 0 aliphatic carbocycles. The number of rotatable bonds is 4. The van der Waals surface area contributed by atoms with Gasteiger partial charge in [0.15, 0.2) is 0 Å². The highest BCUT2D eigenvalue weighted by Crippen LogP contribution is 2.27. The summed E-state index contributed by atoms with van der Waals surface area (Å²) in [6, 6.07) is 5.38. The van der Waals surface area contributed by atoms with Gasteiger partial charge in [0.25, 0.3) is 5.91 Å². The second kappa shape index (κ2) is 6.61. The summed E-state index contributed by atoms with van der Waals surface area (Å²) < 4.78 is 10.5. The van der Waals surface area contributed by atoms with Crippen molar-refractivity contribution >= 4 is 5.91 Å². The van der Waals surface area contributed by atoms with Gasteiger partial charge in [0.05, 0.1) is 19.8 Å². The molecule has 5 heteroatoms. The molecule has 1 saturated heterocycles. The van der Waals surface area contributed by atoms with Gasteiger partial charge in [-0.15, -0.1) is 0 Å². The summed E-state index contributed by atoms with van der Waals surface area (Å²) in [7, 11) is 3.15. The molecule has 1 heterocycles. The molecular formula is C15H22N2O3. The Balaban J connectivity index is 2.31. The lowest BCUT2D eigenvalue weighted by Gasteiger charge is -2.35. The van der Waals surface area contributed by atoms with E-state index in [1.807, 2.05) is 4.90 Å². The Morgan fingerprint density at radius 2 is 2.15 bits per heavy atom. The van der Waals surface area contributed by atoms with Crippen molar-refractivity contribution in [1.29, 1.82) is 0 Å². The molecule has 0 spiro atoms. The van der Waals surface area contributed by atoms with E-state index in [0.717, 1.165) is 25.8 Å². The summed E-state index contributed by atoms with van der Waals surface area (Å²) >= 11 is 0. The molecule has 1 fully saturated rings. The summed E-state index contributed by atoms with van der Waals surface area (Å²) in [6.07, 6.45) is 3.12. The maximum atomic E-state index is 12.8. The zero-order chi connectivity index (χ0) is 14.5. The van der Waals surface area contributed by atoms with Crippen LogP contribution in [0.5, 0.6) is 11.5 Å². The molecule has 0 aromatic heterocycles. The molecule has 2 rings (SSSR count). The Labute approximate surface area is 119 Å². The van der Waals surface area contributed by atoms with Gasteiger partial charge in [-0.2, -0.15) is 0 Å². The Morgan fingerprint density at radius 1 is 1.35 bits per heavy atom. The number of amides is 1. The van der Waals surface area contributed by atoms with E-state index in [9.17, 15) is 4.79 Å². The van der Waals surface area contributed by atoms with Gasteiger partial charge in [-0.05, 0) is 37.5 Å². The molecular weight excluding hydrogens is 256 g/mol. The number of hydrogen-bond donors (Lipinski definition) is 1. The van der Waals surface area contributed by atoms with Crippen molar-refractivity contribution in [3.05, 3.63) is 23.8 Å². The highest BCUT2D eigenvalue weighted by molar-refractivity contribution is 5.97. The molecule has 1 aromatic rings. The summed E-state index contributed by atoms with van der Waals surface area (Å²) in [5.74, 6) is 1.18. The van der Waals surface area contributed by atoms with Crippen LogP contribution in [0.1, 0.15) is 29.6 Å². The van der Waals surface area contributed by atoms with Crippen LogP contribution in [0.15, 0.2) is 18.2 Å². The normalized spacial score (nSPS) is 18.8. The predicted octanol–water partition coefficient (Wildman–Crippen LogP) is 1.66. The van der Waals surface area contributed by atoms with Crippen LogP contribution in [0.4, 0.5) is 0 Å². The molecule has 0 radical (unpaired) electrons. The number of likely N-dealkylation sites (tertiary alicyclic amines) is 1. The smallest absolute Gasteiger partial charge is 0.258 e. The minimum atomic E-state index is -0.0316. The zero-order valence-corrected chi connectivity index (χ0v) is 12.1. The average Bonchev–Trinajstić information content (AvgIpc) is 2.53. The summed E-state index contributed by atoms with van der Waals surface area (Å²) in [4.78, 5) is 14.6. The Hall–Kier alpha value is -1.75. The van der Waals surface area contributed by atoms with Crippen LogP contribution in [0, 0.1) is 0 Å². The van der Waals surface area contributed by atoms with Crippen LogP contribution in [-0.4, -0.2) is 44.2 Å². The summed E-state index contributed by atoms with van der Waals surface area (Å²) in [5, 5.41) is 0. The number of carbonyl (C=O) groups is 1. The fourth-order valence-electron chi connectivity index (χ4n) is 2.65. The van der Waals surface area contributed by atoms with Crippen molar-refractivity contribution in [1.82, 2.24) is 4.90 Å². The first kappa shape index (κ1) is 14.7. The van der Waals surface area contributed by atoms with E-state index in [2.05, 4.69) is 0 Å². The van der Waals surface area contributed by atoms with Crippen molar-refractivity contribution < 1.29 is 14.3 Å². The maximum Gasteiger partial charge on any atom is 0.258 e. The van der Waals surface area contributed by atoms with Crippen LogP contribution in [0.3, 0.4) is 0 Å². The lowest BCUT2D eigenvalue weighted by Crippen LogP contribution is -2.47. The fraction of sp³-hybridized carbons (Fsp3) is 0.533. The van der Waals surface area contributed by atoms with Crippen molar-refractivity contribution in [2.24, 2.45) is 5.73 Å². The third-order valence-electron chi connectivity index (χ3n) is 3.80. The van der Waals surface area contributed by atoms with Crippen molar-refractivity contribution in [2.75, 3.05) is 27.3 Å². The predicted molar refractivity (Wildman–Crippen MR) is 77.3 cm³/mol. The molecule has 110 valence electrons. The average molecular weight is 278 g/mol. The van der Waals surface area contributed by atoms with Crippen molar-refractivity contribution in [3.63, 3.8) is 0 Å². The highest BCUT2D eigenvalue weighted by atomic mass is 16.5. The van der Waals surface area contributed by atoms with Crippen LogP contribution in [0.2, 0.25) is 0 Å². The van der Waals surface area contributed by atoms with E-state index >= 15 is 0 Å². The van der Waals surface area contributed by atoms with Crippen LogP contribution in [-0.2, 0) is 0 Å². The fourth-order valence-corrected chi connectivity index (χ4v) is 2.65. The number of nitrogens with zero attached hydrogens (tertiary/aromatic N) is 1. The summed E-state index contributed by atoms with van der Waals surface area (Å²) in [5.41, 5.74) is 6.32. The second-order valence-electron chi connectivity index (χ2n) is 4.95. The van der Waals surface area contributed by atoms with E-state index in [0.29, 0.717) is 23.6 Å². The molecule has 1 aliphatic heterocycles. The van der Waals surface area contributed by atoms with Crippen LogP contribution in [0.25, 0.3) is 0 Å². The Kier molecular flexibility index (Phi) is 4.84. The number of hydrogen-bond acceptors (Lipinski definition) is 4. The molecule has 1 unspecified atom stereocenters. The Morgan fingerprint density at radius 3 is 2.80 bits per heavy atom. The van der Waals surface area contributed by atoms with Gasteiger partial charge in [-0.1, -0.05) is 0 Å². The Bertz CT molecular complexity index is 476. The number of nitrogens with two attached hydrogens (primary N) is 1. The molecule has 20 heavy (non-hydrogen) atoms. The molecule has 1 amide bonds. The zero-order valence-electron chi connectivity index (χ0n) is 12.1. The number of benzene rings is 1. The molecule has 0 saturated carbocycles. The first-order valence-electron chi connectivity index (χ1n) is 6.94. The van der Waals surface area contributed by atoms with Crippen molar-refractivity contribution in [3.8, 4) is 11.5 Å². The SMILES string of the molecule is COc1ccc(OC)c(C(=O)N2CCCCC2CN)c1. The van der Waals surface area contributed by atoms with Gasteiger partial charge in [0.2, 0.25) is 0 Å². The van der Waals surface area contributed by atoms with Gasteiger partial charge in [-0.25, -0.2) is 0 Å². The largest absolute Gasteiger partial charge is 0.497 e. The molecule has 1 atom stereocenters. The quantitative estimate of drug-likeness (QED) is 0.909. The standard InChI is InChI=1S/C15H22N2O3/c1-19-12-6-7-14(20-2)13(9-12)15(18)17-8-4-3-5-11(17)10-16/h6-7,9,11H,3-5,8,10,16H2,1-2H3. The van der Waals surface area contributed by atoms with Crippen molar-refractivity contribution in [2.45, 2.75) is 25.3 Å². The van der Waals surface area contributed by atoms with E-state index in [1.54, 1.807) is 32.4 Å². The minimum Gasteiger partial charge on any atom is -0.497 e. The topological polar surface area (TPSA) is 64.8 Å². The highest BCUT2D eigenvalue weighted by Gasteiger charge is 2.28. The monoisotopic (exact) mass is 278 g/mol. The van der Waals surface area contributed by atoms with Gasteiger partial charge < -0.3 is 20.1 Å². The van der Waals surface area contributed by atoms with E-state index in [-0.39, 0.29) is 11.9 Å². The van der Waals surface area contributed by atoms with Gasteiger partial charge in [0.1, 0.15) is 11.5 Å². The third-order valence-corrected chi connectivity index (χ3v) is 3.80. The molecule has 5 nitrogen and oxygen atoms in total. The number of methoxy groups -OCH3 is 2. The third kappa shape index (κ3) is 2.88. The van der Waals surface area contributed by atoms with Crippen LogP contribution >= 0.6 is 0 Å². The molecule has 0 bridgehead atoms. The second-order valence-corrected chi connectivity index (χ2v) is 4.95. The van der Waals surface area contributed by atoms with E-state index in [1.165, 1.54) is 0 Å². The lowest BCUT2D eigenvalue weighted by atomic mass is 10.0. The molecule has 2 N–H and O–H groups in total.